The van der Waals surface area contributed by atoms with Crippen LogP contribution >= 0.6 is 0 Å². The Balaban J connectivity index is 2.58. The SMILES string of the molecule is CN1C(=O)c2cccc3c(N)c(S(=O)(=O)O)cc(c23)C1=O. The number of hydrogen-bond donors (Lipinski definition) is 2. The van der Waals surface area contributed by atoms with E-state index in [2.05, 4.69) is 0 Å². The molecule has 108 valence electrons. The van der Waals surface area contributed by atoms with Crippen molar-refractivity contribution >= 4 is 38.4 Å². The first-order chi connectivity index (χ1) is 9.73. The number of carbonyl (C=O) groups excluding carboxylic acids is 2. The molecule has 0 spiro atoms. The van der Waals surface area contributed by atoms with Crippen molar-refractivity contribution in [3.63, 3.8) is 0 Å². The van der Waals surface area contributed by atoms with Crippen molar-refractivity contribution < 1.29 is 22.6 Å². The standard InChI is InChI=1S/C13H10N2O5S/c1-15-12(16)7-4-2-3-6-10(7)8(13(15)17)5-9(11(6)14)21(18,19)20/h2-5H,14H2,1H3,(H,18,19,20). The molecule has 0 saturated heterocycles. The minimum absolute atomic E-state index is 0.0181. The predicted molar refractivity (Wildman–Crippen MR) is 74.6 cm³/mol. The normalized spacial score (nSPS) is 14.9. The fourth-order valence-corrected chi connectivity index (χ4v) is 3.15. The summed E-state index contributed by atoms with van der Waals surface area (Å²) in [6.07, 6.45) is 0. The van der Waals surface area contributed by atoms with Crippen LogP contribution in [0, 0.1) is 0 Å². The highest BCUT2D eigenvalue weighted by Crippen LogP contribution is 2.36. The third-order valence-electron chi connectivity index (χ3n) is 3.51. The summed E-state index contributed by atoms with van der Waals surface area (Å²) in [6, 6.07) is 5.57. The van der Waals surface area contributed by atoms with Gasteiger partial charge in [-0.05, 0) is 12.1 Å². The van der Waals surface area contributed by atoms with Crippen LogP contribution in [-0.2, 0) is 10.1 Å². The highest BCUT2D eigenvalue weighted by atomic mass is 32.2. The van der Waals surface area contributed by atoms with Gasteiger partial charge in [0.25, 0.3) is 21.9 Å². The molecule has 8 heteroatoms. The Morgan fingerprint density at radius 1 is 1.14 bits per heavy atom. The second kappa shape index (κ2) is 4.03. The second-order valence-electron chi connectivity index (χ2n) is 4.71. The van der Waals surface area contributed by atoms with E-state index in [9.17, 15) is 22.6 Å². The van der Waals surface area contributed by atoms with E-state index in [1.807, 2.05) is 0 Å². The number of benzene rings is 2. The maximum absolute atomic E-state index is 12.2. The predicted octanol–water partition coefficient (Wildman–Crippen LogP) is 0.895. The number of nitrogens with two attached hydrogens (primary N) is 1. The van der Waals surface area contributed by atoms with Crippen LogP contribution in [0.1, 0.15) is 20.7 Å². The van der Waals surface area contributed by atoms with Crippen LogP contribution in [0.2, 0.25) is 0 Å². The summed E-state index contributed by atoms with van der Waals surface area (Å²) < 4.78 is 32.1. The largest absolute Gasteiger partial charge is 0.397 e. The van der Waals surface area contributed by atoms with Gasteiger partial charge in [0.2, 0.25) is 0 Å². The van der Waals surface area contributed by atoms with Crippen LogP contribution in [0.25, 0.3) is 10.8 Å². The van der Waals surface area contributed by atoms with E-state index in [0.717, 1.165) is 11.0 Å². The first kappa shape index (κ1) is 13.5. The quantitative estimate of drug-likeness (QED) is 0.459. The van der Waals surface area contributed by atoms with Crippen molar-refractivity contribution in [2.75, 3.05) is 12.8 Å². The Bertz CT molecular complexity index is 933. The van der Waals surface area contributed by atoms with Crippen LogP contribution in [0.3, 0.4) is 0 Å². The molecule has 0 atom stereocenters. The minimum Gasteiger partial charge on any atom is -0.397 e. The van der Waals surface area contributed by atoms with Crippen molar-refractivity contribution in [2.45, 2.75) is 4.90 Å². The molecule has 2 aromatic rings. The Kier molecular flexibility index (Phi) is 2.59. The van der Waals surface area contributed by atoms with E-state index in [1.54, 1.807) is 0 Å². The van der Waals surface area contributed by atoms with Gasteiger partial charge in [0, 0.05) is 23.4 Å². The molecule has 0 saturated carbocycles. The lowest BCUT2D eigenvalue weighted by molar-refractivity contribution is 0.0650. The van der Waals surface area contributed by atoms with Crippen molar-refractivity contribution in [3.8, 4) is 0 Å². The van der Waals surface area contributed by atoms with E-state index in [-0.39, 0.29) is 22.2 Å². The molecule has 3 rings (SSSR count). The van der Waals surface area contributed by atoms with Crippen LogP contribution < -0.4 is 5.73 Å². The summed E-state index contributed by atoms with van der Waals surface area (Å²) in [5, 5.41) is 0.544. The van der Waals surface area contributed by atoms with Gasteiger partial charge in [0.15, 0.2) is 0 Å². The fourth-order valence-electron chi connectivity index (χ4n) is 2.49. The summed E-state index contributed by atoms with van der Waals surface area (Å²) in [5.74, 6) is -1.13. The molecule has 1 aliphatic heterocycles. The number of imide groups is 1. The van der Waals surface area contributed by atoms with E-state index in [4.69, 9.17) is 5.73 Å². The van der Waals surface area contributed by atoms with Crippen molar-refractivity contribution in [2.24, 2.45) is 0 Å². The first-order valence-corrected chi connectivity index (χ1v) is 7.32. The molecule has 0 unspecified atom stereocenters. The number of rotatable bonds is 1. The Morgan fingerprint density at radius 3 is 2.38 bits per heavy atom. The van der Waals surface area contributed by atoms with Gasteiger partial charge in [0.05, 0.1) is 11.3 Å². The van der Waals surface area contributed by atoms with Crippen molar-refractivity contribution in [1.82, 2.24) is 4.90 Å². The zero-order chi connectivity index (χ0) is 15.5. The van der Waals surface area contributed by atoms with Gasteiger partial charge < -0.3 is 5.73 Å². The topological polar surface area (TPSA) is 118 Å². The molecule has 0 bridgehead atoms. The number of carbonyl (C=O) groups is 2. The van der Waals surface area contributed by atoms with Gasteiger partial charge in [0.1, 0.15) is 4.90 Å². The number of hydrogen-bond acceptors (Lipinski definition) is 5. The first-order valence-electron chi connectivity index (χ1n) is 5.88. The number of nitrogen functional groups attached to an aromatic ring is 1. The molecule has 1 heterocycles. The van der Waals surface area contributed by atoms with Crippen molar-refractivity contribution in [1.29, 1.82) is 0 Å². The Hall–Kier alpha value is -2.45. The minimum atomic E-state index is -4.58. The lowest BCUT2D eigenvalue weighted by Crippen LogP contribution is -2.37. The van der Waals surface area contributed by atoms with Gasteiger partial charge in [-0.25, -0.2) is 0 Å². The molecule has 1 aliphatic rings. The Labute approximate surface area is 119 Å². The monoisotopic (exact) mass is 306 g/mol. The van der Waals surface area contributed by atoms with Gasteiger partial charge in [-0.3, -0.25) is 19.0 Å². The molecular formula is C13H10N2O5S. The summed E-state index contributed by atoms with van der Waals surface area (Å²) in [6.45, 7) is 0. The number of nitrogens with zero attached hydrogens (tertiary/aromatic N) is 1. The lowest BCUT2D eigenvalue weighted by atomic mass is 9.93. The zero-order valence-electron chi connectivity index (χ0n) is 10.8. The smallest absolute Gasteiger partial charge is 0.296 e. The van der Waals surface area contributed by atoms with E-state index in [0.29, 0.717) is 5.39 Å². The van der Waals surface area contributed by atoms with Crippen LogP contribution in [0.5, 0.6) is 0 Å². The van der Waals surface area contributed by atoms with Crippen LogP contribution in [0.4, 0.5) is 5.69 Å². The van der Waals surface area contributed by atoms with Crippen molar-refractivity contribution in [3.05, 3.63) is 35.4 Å². The summed E-state index contributed by atoms with van der Waals surface area (Å²) in [4.78, 5) is 24.6. The van der Waals surface area contributed by atoms with E-state index >= 15 is 0 Å². The summed E-state index contributed by atoms with van der Waals surface area (Å²) in [7, 11) is -3.28. The van der Waals surface area contributed by atoms with Gasteiger partial charge in [-0.1, -0.05) is 12.1 Å². The highest BCUT2D eigenvalue weighted by molar-refractivity contribution is 7.86. The average Bonchev–Trinajstić information content (AvgIpc) is 2.42. The third-order valence-corrected chi connectivity index (χ3v) is 4.41. The maximum Gasteiger partial charge on any atom is 0.296 e. The summed E-state index contributed by atoms with van der Waals surface area (Å²) >= 11 is 0. The fraction of sp³-hybridized carbons (Fsp3) is 0.0769. The molecule has 3 N–H and O–H groups in total. The number of amides is 2. The van der Waals surface area contributed by atoms with Crippen LogP contribution in [0.15, 0.2) is 29.2 Å². The number of anilines is 1. The lowest BCUT2D eigenvalue weighted by Gasteiger charge is -2.24. The molecule has 2 aromatic carbocycles. The highest BCUT2D eigenvalue weighted by Gasteiger charge is 2.33. The van der Waals surface area contributed by atoms with E-state index < -0.39 is 26.8 Å². The van der Waals surface area contributed by atoms with Crippen LogP contribution in [-0.4, -0.2) is 36.7 Å². The molecule has 7 nitrogen and oxygen atoms in total. The molecule has 0 aromatic heterocycles. The summed E-state index contributed by atoms with van der Waals surface area (Å²) in [5.41, 5.74) is 5.86. The maximum atomic E-state index is 12.2. The molecular weight excluding hydrogens is 296 g/mol. The zero-order valence-corrected chi connectivity index (χ0v) is 11.6. The molecule has 2 amide bonds. The van der Waals surface area contributed by atoms with Gasteiger partial charge in [-0.15, -0.1) is 0 Å². The molecule has 21 heavy (non-hydrogen) atoms. The molecule has 0 aliphatic carbocycles. The van der Waals surface area contributed by atoms with Gasteiger partial charge in [-0.2, -0.15) is 8.42 Å². The Morgan fingerprint density at radius 2 is 1.76 bits per heavy atom. The van der Waals surface area contributed by atoms with Gasteiger partial charge >= 0.3 is 0 Å². The average molecular weight is 306 g/mol. The molecule has 0 radical (unpaired) electrons. The second-order valence-corrected chi connectivity index (χ2v) is 6.10. The van der Waals surface area contributed by atoms with E-state index in [1.165, 1.54) is 25.2 Å². The third kappa shape index (κ3) is 1.73. The molecule has 0 fully saturated rings.